The van der Waals surface area contributed by atoms with E-state index >= 15 is 0 Å². The van der Waals surface area contributed by atoms with Crippen LogP contribution in [0.15, 0.2) is 24.3 Å². The van der Waals surface area contributed by atoms with Gasteiger partial charge in [0, 0.05) is 36.7 Å². The number of aliphatic hydroxyl groups excluding tert-OH is 1. The van der Waals surface area contributed by atoms with Gasteiger partial charge in [-0.3, -0.25) is 5.10 Å². The second-order valence-corrected chi connectivity index (χ2v) is 8.21. The molecule has 0 radical (unpaired) electrons. The number of benzene rings is 1. The number of piperidine rings is 1. The van der Waals surface area contributed by atoms with Crippen molar-refractivity contribution in [2.24, 2.45) is 0 Å². The Morgan fingerprint density at radius 2 is 1.88 bits per heavy atom. The minimum Gasteiger partial charge on any atom is -0.477 e. The van der Waals surface area contributed by atoms with Crippen LogP contribution in [0.1, 0.15) is 36.4 Å². The second-order valence-electron chi connectivity index (χ2n) is 8.21. The van der Waals surface area contributed by atoms with Crippen LogP contribution in [-0.2, 0) is 0 Å². The molecular formula is C21H24F4N4O4. The van der Waals surface area contributed by atoms with E-state index in [0.717, 1.165) is 17.8 Å². The molecule has 180 valence electrons. The highest BCUT2D eigenvalue weighted by Gasteiger charge is 2.38. The Hall–Kier alpha value is -3.02. The SMILES string of the molecule is CCOc1cc(C2CC(c3ccc(OC(F)(F)F)c(F)c3)CN(C(=O)N3CC(O)C3)C2)[nH]n1. The number of amides is 2. The fraction of sp³-hybridized carbons (Fsp3) is 0.524. The van der Waals surface area contributed by atoms with E-state index in [0.29, 0.717) is 31.0 Å². The first-order valence-electron chi connectivity index (χ1n) is 10.6. The Morgan fingerprint density at radius 1 is 1.18 bits per heavy atom. The Bertz CT molecular complexity index is 993. The third-order valence-corrected chi connectivity index (χ3v) is 5.81. The number of urea groups is 1. The van der Waals surface area contributed by atoms with Gasteiger partial charge in [-0.15, -0.1) is 18.3 Å². The van der Waals surface area contributed by atoms with Crippen molar-refractivity contribution in [2.75, 3.05) is 32.8 Å². The van der Waals surface area contributed by atoms with E-state index in [2.05, 4.69) is 14.9 Å². The molecule has 1 aromatic carbocycles. The van der Waals surface area contributed by atoms with Crippen LogP contribution in [-0.4, -0.2) is 76.4 Å². The lowest BCUT2D eigenvalue weighted by Gasteiger charge is -2.44. The summed E-state index contributed by atoms with van der Waals surface area (Å²) in [5.41, 5.74) is 1.19. The monoisotopic (exact) mass is 472 g/mol. The number of rotatable bonds is 5. The molecule has 2 N–H and O–H groups in total. The van der Waals surface area contributed by atoms with E-state index in [9.17, 15) is 27.5 Å². The number of nitrogens with one attached hydrogen (secondary N) is 1. The molecule has 2 unspecified atom stereocenters. The third kappa shape index (κ3) is 5.32. The number of aromatic amines is 1. The molecule has 2 fully saturated rings. The Labute approximate surface area is 187 Å². The number of aliphatic hydroxyl groups is 1. The van der Waals surface area contributed by atoms with Crippen molar-refractivity contribution in [3.05, 3.63) is 41.3 Å². The first kappa shape index (κ1) is 23.1. The summed E-state index contributed by atoms with van der Waals surface area (Å²) in [6, 6.07) is 4.84. The number of alkyl halides is 3. The number of ether oxygens (including phenoxy) is 2. The summed E-state index contributed by atoms with van der Waals surface area (Å²) < 4.78 is 60.9. The number of nitrogens with zero attached hydrogens (tertiary/aromatic N) is 3. The zero-order valence-corrected chi connectivity index (χ0v) is 17.8. The molecule has 2 aromatic rings. The highest BCUT2D eigenvalue weighted by atomic mass is 19.4. The Morgan fingerprint density at radius 3 is 2.52 bits per heavy atom. The minimum absolute atomic E-state index is 0.185. The number of halogens is 4. The molecule has 2 amide bonds. The van der Waals surface area contributed by atoms with Gasteiger partial charge in [-0.1, -0.05) is 6.07 Å². The highest BCUT2D eigenvalue weighted by Crippen LogP contribution is 2.38. The van der Waals surface area contributed by atoms with Crippen molar-refractivity contribution in [1.82, 2.24) is 20.0 Å². The molecule has 1 aromatic heterocycles. The Balaban J connectivity index is 1.57. The van der Waals surface area contributed by atoms with Crippen molar-refractivity contribution in [3.63, 3.8) is 0 Å². The highest BCUT2D eigenvalue weighted by molar-refractivity contribution is 5.75. The number of H-pyrrole nitrogens is 1. The van der Waals surface area contributed by atoms with E-state index < -0.39 is 24.0 Å². The number of β-amino-alcohol motifs (C(OH)–C–C–N with tert-alkyl or cyclic N) is 1. The summed E-state index contributed by atoms with van der Waals surface area (Å²) in [5.74, 6) is -2.15. The van der Waals surface area contributed by atoms with Crippen molar-refractivity contribution in [3.8, 4) is 11.6 Å². The number of aromatic nitrogens is 2. The van der Waals surface area contributed by atoms with Gasteiger partial charge in [0.1, 0.15) is 0 Å². The van der Waals surface area contributed by atoms with E-state index in [1.807, 2.05) is 6.92 Å². The Kier molecular flexibility index (Phi) is 6.37. The van der Waals surface area contributed by atoms with Crippen LogP contribution >= 0.6 is 0 Å². The van der Waals surface area contributed by atoms with Gasteiger partial charge in [0.05, 0.1) is 25.8 Å². The number of likely N-dealkylation sites (tertiary alicyclic amines) is 2. The molecule has 2 aliphatic rings. The quantitative estimate of drug-likeness (QED) is 0.653. The average molecular weight is 472 g/mol. The van der Waals surface area contributed by atoms with Crippen LogP contribution in [0.5, 0.6) is 11.6 Å². The molecular weight excluding hydrogens is 448 g/mol. The van der Waals surface area contributed by atoms with Gasteiger partial charge in [-0.25, -0.2) is 9.18 Å². The minimum atomic E-state index is -5.00. The summed E-state index contributed by atoms with van der Waals surface area (Å²) in [5, 5.41) is 16.6. The number of carbonyl (C=O) groups is 1. The topological polar surface area (TPSA) is 90.9 Å². The van der Waals surface area contributed by atoms with Gasteiger partial charge in [0.25, 0.3) is 0 Å². The maximum atomic E-state index is 14.4. The molecule has 33 heavy (non-hydrogen) atoms. The summed E-state index contributed by atoms with van der Waals surface area (Å²) >= 11 is 0. The molecule has 8 nitrogen and oxygen atoms in total. The van der Waals surface area contributed by atoms with Gasteiger partial charge in [0.15, 0.2) is 11.6 Å². The second kappa shape index (κ2) is 9.08. The molecule has 0 spiro atoms. The van der Waals surface area contributed by atoms with E-state index in [4.69, 9.17) is 4.74 Å². The van der Waals surface area contributed by atoms with E-state index in [1.165, 1.54) is 11.0 Å². The van der Waals surface area contributed by atoms with E-state index in [1.54, 1.807) is 11.0 Å². The molecule has 4 rings (SSSR count). The fourth-order valence-electron chi connectivity index (χ4n) is 4.26. The summed E-state index contributed by atoms with van der Waals surface area (Å²) in [7, 11) is 0. The van der Waals surface area contributed by atoms with Crippen LogP contribution in [0.25, 0.3) is 0 Å². The van der Waals surface area contributed by atoms with Gasteiger partial charge < -0.3 is 24.4 Å². The first-order chi connectivity index (χ1) is 15.6. The smallest absolute Gasteiger partial charge is 0.477 e. The lowest BCUT2D eigenvalue weighted by molar-refractivity contribution is -0.275. The summed E-state index contributed by atoms with van der Waals surface area (Å²) in [6.45, 7) is 3.36. The molecule has 12 heteroatoms. The van der Waals surface area contributed by atoms with Crippen LogP contribution in [0.3, 0.4) is 0 Å². The number of hydrogen-bond donors (Lipinski definition) is 2. The maximum absolute atomic E-state index is 14.4. The van der Waals surface area contributed by atoms with Crippen molar-refractivity contribution in [1.29, 1.82) is 0 Å². The maximum Gasteiger partial charge on any atom is 0.573 e. The normalized spacial score (nSPS) is 21.6. The fourth-order valence-corrected chi connectivity index (χ4v) is 4.26. The van der Waals surface area contributed by atoms with Crippen LogP contribution in [0.2, 0.25) is 0 Å². The lowest BCUT2D eigenvalue weighted by atomic mass is 9.83. The van der Waals surface area contributed by atoms with Gasteiger partial charge >= 0.3 is 12.4 Å². The zero-order valence-electron chi connectivity index (χ0n) is 17.8. The zero-order chi connectivity index (χ0) is 23.8. The van der Waals surface area contributed by atoms with Crippen LogP contribution < -0.4 is 9.47 Å². The van der Waals surface area contributed by atoms with Gasteiger partial charge in [-0.2, -0.15) is 0 Å². The molecule has 0 saturated carbocycles. The van der Waals surface area contributed by atoms with Crippen LogP contribution in [0.4, 0.5) is 22.4 Å². The largest absolute Gasteiger partial charge is 0.573 e. The molecule has 2 saturated heterocycles. The van der Waals surface area contributed by atoms with Crippen LogP contribution in [0, 0.1) is 5.82 Å². The molecule has 2 atom stereocenters. The van der Waals surface area contributed by atoms with Gasteiger partial charge in [0.2, 0.25) is 5.88 Å². The molecule has 0 bridgehead atoms. The lowest BCUT2D eigenvalue weighted by Crippen LogP contribution is -2.59. The first-order valence-corrected chi connectivity index (χ1v) is 10.6. The number of carbonyl (C=O) groups excluding carboxylic acids is 1. The van der Waals surface area contributed by atoms with E-state index in [-0.39, 0.29) is 37.5 Å². The molecule has 2 aliphatic heterocycles. The summed E-state index contributed by atoms with van der Waals surface area (Å²) in [4.78, 5) is 16.1. The van der Waals surface area contributed by atoms with Crippen molar-refractivity contribution in [2.45, 2.75) is 37.6 Å². The summed E-state index contributed by atoms with van der Waals surface area (Å²) in [6.07, 6.45) is -5.04. The number of hydrogen-bond acceptors (Lipinski definition) is 5. The van der Waals surface area contributed by atoms with Crippen molar-refractivity contribution < 1.29 is 36.9 Å². The molecule has 0 aliphatic carbocycles. The predicted molar refractivity (Wildman–Crippen MR) is 107 cm³/mol. The van der Waals surface area contributed by atoms with Gasteiger partial charge in [-0.05, 0) is 31.0 Å². The van der Waals surface area contributed by atoms with Crippen molar-refractivity contribution >= 4 is 6.03 Å². The molecule has 3 heterocycles. The average Bonchev–Trinajstić information content (AvgIpc) is 3.20. The standard InChI is InChI=1S/C21H24F4N4O4/c1-2-32-19-7-17(26-27-19)14-5-13(8-28(9-14)20(31)29-10-15(30)11-29)12-3-4-18(16(22)6-12)33-21(23,24)25/h3-4,6-7,13-15,30H,2,5,8-11H2,1H3,(H,26,27). The third-order valence-electron chi connectivity index (χ3n) is 5.81. The predicted octanol–water partition coefficient (Wildman–Crippen LogP) is 3.22.